The smallest absolute Gasteiger partial charge is 0.354 e. The van der Waals surface area contributed by atoms with Crippen molar-refractivity contribution >= 4 is 154 Å². The van der Waals surface area contributed by atoms with Crippen LogP contribution >= 0.6 is 70.4 Å². The zero-order valence-electron chi connectivity index (χ0n) is 63.7. The van der Waals surface area contributed by atoms with E-state index < -0.39 is 17.9 Å². The van der Waals surface area contributed by atoms with Gasteiger partial charge in [-0.25, -0.2) is 29.3 Å². The number of carboxylic acid groups (broad SMARTS) is 3. The molecular formula is C86H64N18O6S6. The minimum Gasteiger partial charge on any atom is -0.477 e. The zero-order chi connectivity index (χ0) is 81.7. The van der Waals surface area contributed by atoms with Gasteiger partial charge in [0.05, 0.1) is 87.1 Å². The molecule has 0 saturated heterocycles. The highest BCUT2D eigenvalue weighted by Gasteiger charge is 2.18. The van der Waals surface area contributed by atoms with E-state index >= 15 is 0 Å². The molecule has 0 amide bonds. The Morgan fingerprint density at radius 3 is 0.905 bits per heavy atom. The first kappa shape index (κ1) is 80.3. The summed E-state index contributed by atoms with van der Waals surface area (Å²) in [6.07, 6.45) is 6.86. The summed E-state index contributed by atoms with van der Waals surface area (Å²) in [5.74, 6) is 15.5. The molecule has 0 saturated carbocycles. The SMILES string of the molecule is Cc1cc(-c2ccc(C)c3nsnc23)cc(C(=O)O)n1.Cc1cc(-c2ccc(C)c3nsnc23)ccn1.Cc1cc(C#Cc2ccc(C)c3nsnc23)cc(C(=O)O)n1.Cc1cc(C#Cc2ccc(C)c3nsnc23)ccn1.Cc1cc(C#Cc2ccc(C)c3nsnc23)ccn1.Cc1ccc(-c2ccnc(C(=O)O)c2)c2nsnc12. The van der Waals surface area contributed by atoms with Crippen LogP contribution in [-0.4, -0.2) is 116 Å². The van der Waals surface area contributed by atoms with Gasteiger partial charge in [-0.3, -0.25) is 15.0 Å². The maximum absolute atomic E-state index is 11.1. The van der Waals surface area contributed by atoms with Crippen molar-refractivity contribution in [1.29, 1.82) is 0 Å². The summed E-state index contributed by atoms with van der Waals surface area (Å²) in [6.45, 7) is 21.5. The number of aryl methyl sites for hydroxylation is 11. The second-order valence-electron chi connectivity index (χ2n) is 26.3. The molecule has 6 aromatic carbocycles. The van der Waals surface area contributed by atoms with E-state index in [2.05, 4.69) is 143 Å². The highest BCUT2D eigenvalue weighted by atomic mass is 32.1. The number of rotatable bonds is 6. The molecule has 3 N–H and O–H groups in total. The Bertz CT molecular complexity index is 6880. The average Bonchev–Trinajstić information content (AvgIpc) is 1.48. The van der Waals surface area contributed by atoms with E-state index in [1.807, 2.05) is 159 Å². The van der Waals surface area contributed by atoms with Crippen molar-refractivity contribution in [3.05, 3.63) is 283 Å². The van der Waals surface area contributed by atoms with Crippen molar-refractivity contribution in [3.8, 4) is 68.9 Å². The Hall–Kier alpha value is -13.8. The lowest BCUT2D eigenvalue weighted by Gasteiger charge is -2.06. The summed E-state index contributed by atoms with van der Waals surface area (Å²) >= 11 is 7.19. The number of aromatic nitrogens is 18. The predicted octanol–water partition coefficient (Wildman–Crippen LogP) is 18.2. The first-order chi connectivity index (χ1) is 56.0. The van der Waals surface area contributed by atoms with Crippen LogP contribution in [0.4, 0.5) is 0 Å². The average molecular weight is 1640 g/mol. The van der Waals surface area contributed by atoms with E-state index in [0.29, 0.717) is 17.0 Å². The molecule has 18 rings (SSSR count). The summed E-state index contributed by atoms with van der Waals surface area (Å²) < 4.78 is 51.7. The molecule has 12 aromatic heterocycles. The van der Waals surface area contributed by atoms with Crippen molar-refractivity contribution < 1.29 is 29.7 Å². The largest absolute Gasteiger partial charge is 0.477 e. The van der Waals surface area contributed by atoms with Gasteiger partial charge in [0.2, 0.25) is 0 Å². The van der Waals surface area contributed by atoms with E-state index in [4.69, 9.17) is 15.3 Å². The van der Waals surface area contributed by atoms with E-state index in [0.717, 1.165) is 207 Å². The van der Waals surface area contributed by atoms with Gasteiger partial charge in [0, 0.05) is 86.6 Å². The minimum absolute atomic E-state index is 0.00585. The van der Waals surface area contributed by atoms with Gasteiger partial charge < -0.3 is 15.3 Å². The van der Waals surface area contributed by atoms with Gasteiger partial charge in [-0.05, 0) is 217 Å². The van der Waals surface area contributed by atoms with Gasteiger partial charge in [0.25, 0.3) is 0 Å². The van der Waals surface area contributed by atoms with Crippen LogP contribution in [0, 0.1) is 112 Å². The van der Waals surface area contributed by atoms with Gasteiger partial charge in [-0.1, -0.05) is 90.1 Å². The van der Waals surface area contributed by atoms with E-state index in [1.54, 1.807) is 50.5 Å². The fourth-order valence-corrected chi connectivity index (χ4v) is 15.5. The second-order valence-corrected chi connectivity index (χ2v) is 29.4. The second kappa shape index (κ2) is 36.4. The summed E-state index contributed by atoms with van der Waals surface area (Å²) in [4.78, 5) is 57.4. The lowest BCUT2D eigenvalue weighted by atomic mass is 10.0. The molecule has 0 bridgehead atoms. The number of hydrogen-bond acceptors (Lipinski definition) is 27. The number of benzene rings is 6. The van der Waals surface area contributed by atoms with Gasteiger partial charge in [-0.15, -0.1) is 0 Å². The molecule has 0 spiro atoms. The molecule has 0 aliphatic heterocycles. The first-order valence-electron chi connectivity index (χ1n) is 35.3. The van der Waals surface area contributed by atoms with Crippen LogP contribution in [0.1, 0.15) is 127 Å². The molecule has 116 heavy (non-hydrogen) atoms. The molecule has 30 heteroatoms. The Balaban J connectivity index is 0.000000121. The van der Waals surface area contributed by atoms with E-state index in [9.17, 15) is 14.4 Å². The Morgan fingerprint density at radius 2 is 0.526 bits per heavy atom. The molecule has 0 fully saturated rings. The summed E-state index contributed by atoms with van der Waals surface area (Å²) in [6, 6.07) is 45.7. The van der Waals surface area contributed by atoms with Crippen LogP contribution in [0.5, 0.6) is 0 Å². The lowest BCUT2D eigenvalue weighted by Crippen LogP contribution is -2.02. The maximum atomic E-state index is 11.1. The van der Waals surface area contributed by atoms with Crippen LogP contribution < -0.4 is 0 Å². The molecule has 0 atom stereocenters. The van der Waals surface area contributed by atoms with E-state index in [1.165, 1.54) is 53.0 Å². The Kier molecular flexibility index (Phi) is 25.2. The number of nitrogens with zero attached hydrogens (tertiary/aromatic N) is 18. The third-order valence-electron chi connectivity index (χ3n) is 17.7. The van der Waals surface area contributed by atoms with Crippen molar-refractivity contribution in [2.45, 2.75) is 76.2 Å². The standard InChI is InChI=1S/C16H11N3O2S.2C15H11N3S.C14H11N3O2S.C13H9N3O2S.C13H11N3S/c1-9-3-5-12(15-14(9)18-22-19-15)6-4-11-7-10(2)17-13(8-11)16(20)21;2*1-10-3-5-13(15-14(10)17-19-18-15)6-4-12-7-8-16-11(2)9-12;1-7-3-4-10(13-12(7)16-20-17-13)9-5-8(2)15-11(6-9)14(18)19;1-7-2-3-9(12-11(7)15-19-16-12)8-4-5-14-10(6-8)13(17)18;1-8-3-4-11(13-12(8)15-17-16-13)10-5-6-14-9(2)7-10/h3,5,7-8H,1-2H3,(H,20,21);2*3,5,7-9H,1-2H3;3-6H,1-2H3,(H,18,19);2-6H,1H3,(H,17,18);3-7H,1-2H3. The van der Waals surface area contributed by atoms with Gasteiger partial charge in [-0.2, -0.15) is 52.5 Å². The number of aromatic carboxylic acids is 3. The highest BCUT2D eigenvalue weighted by molar-refractivity contribution is 7.01. The van der Waals surface area contributed by atoms with Crippen molar-refractivity contribution in [3.63, 3.8) is 0 Å². The number of fused-ring (bicyclic) bond motifs is 6. The van der Waals surface area contributed by atoms with Crippen LogP contribution in [0.15, 0.2) is 170 Å². The number of carboxylic acids is 3. The Labute approximate surface area is 689 Å². The van der Waals surface area contributed by atoms with Crippen molar-refractivity contribution in [2.75, 3.05) is 0 Å². The molecule has 570 valence electrons. The van der Waals surface area contributed by atoms with Crippen LogP contribution in [0.25, 0.3) is 99.6 Å². The van der Waals surface area contributed by atoms with Gasteiger partial charge >= 0.3 is 17.9 Å². The molecule has 0 aliphatic rings. The normalized spacial score (nSPS) is 10.5. The highest BCUT2D eigenvalue weighted by Crippen LogP contribution is 2.34. The maximum Gasteiger partial charge on any atom is 0.354 e. The molecule has 0 unspecified atom stereocenters. The third kappa shape index (κ3) is 19.1. The van der Waals surface area contributed by atoms with E-state index in [-0.39, 0.29) is 17.1 Å². The fourth-order valence-electron chi connectivity index (χ4n) is 11.8. The molecule has 12 heterocycles. The molecular weight excluding hydrogens is 1570 g/mol. The molecule has 18 aromatic rings. The number of carbonyl (C=O) groups is 3. The van der Waals surface area contributed by atoms with Gasteiger partial charge in [0.1, 0.15) is 83.3 Å². The summed E-state index contributed by atoms with van der Waals surface area (Å²) in [7, 11) is 0. The predicted molar refractivity (Wildman–Crippen MR) is 458 cm³/mol. The fraction of sp³-hybridized carbons (Fsp3) is 0.128. The summed E-state index contributed by atoms with van der Waals surface area (Å²) in [5.41, 5.74) is 32.3. The number of hydrogen-bond donors (Lipinski definition) is 3. The molecule has 0 aliphatic carbocycles. The Morgan fingerprint density at radius 1 is 0.250 bits per heavy atom. The third-order valence-corrected chi connectivity index (χ3v) is 20.8. The van der Waals surface area contributed by atoms with Crippen LogP contribution in [0.2, 0.25) is 0 Å². The quantitative estimate of drug-likeness (QED) is 0.130. The topological polar surface area (TPSA) is 344 Å². The minimum atomic E-state index is -1.06. The van der Waals surface area contributed by atoms with Crippen molar-refractivity contribution in [1.82, 2.24) is 82.4 Å². The van der Waals surface area contributed by atoms with Crippen molar-refractivity contribution in [2.24, 2.45) is 0 Å². The van der Waals surface area contributed by atoms with Crippen LogP contribution in [0.3, 0.4) is 0 Å². The molecule has 24 nitrogen and oxygen atoms in total. The number of pyridine rings is 6. The summed E-state index contributed by atoms with van der Waals surface area (Å²) in [5, 5.41) is 27.1. The first-order valence-corrected chi connectivity index (χ1v) is 39.7. The molecule has 0 radical (unpaired) electrons. The van der Waals surface area contributed by atoms with Crippen LogP contribution in [-0.2, 0) is 0 Å². The monoisotopic (exact) mass is 1640 g/mol. The lowest BCUT2D eigenvalue weighted by molar-refractivity contribution is 0.0679. The zero-order valence-corrected chi connectivity index (χ0v) is 68.6. The van der Waals surface area contributed by atoms with Gasteiger partial charge in [0.15, 0.2) is 0 Å².